The van der Waals surface area contributed by atoms with Crippen molar-refractivity contribution in [1.82, 2.24) is 5.32 Å². The summed E-state index contributed by atoms with van der Waals surface area (Å²) in [4.78, 5) is 0. The lowest BCUT2D eigenvalue weighted by molar-refractivity contribution is -0.137. The molecule has 1 atom stereocenters. The Morgan fingerprint density at radius 1 is 1.24 bits per heavy atom. The van der Waals surface area contributed by atoms with Crippen molar-refractivity contribution in [3.05, 3.63) is 23.8 Å². The summed E-state index contributed by atoms with van der Waals surface area (Å²) in [5.74, 6) is 1.08. The van der Waals surface area contributed by atoms with Crippen LogP contribution in [0.25, 0.3) is 0 Å². The monoisotopic (exact) mass is 295 g/mol. The second-order valence-electron chi connectivity index (χ2n) is 5.59. The molecule has 5 heteroatoms. The maximum atomic E-state index is 5.75. The third-order valence-corrected chi connectivity index (χ3v) is 3.48. The third kappa shape index (κ3) is 4.59. The van der Waals surface area contributed by atoms with Gasteiger partial charge in [-0.2, -0.15) is 0 Å². The number of ether oxygens (including phenoxy) is 4. The molecule has 2 rings (SSSR count). The summed E-state index contributed by atoms with van der Waals surface area (Å²) < 4.78 is 21.8. The van der Waals surface area contributed by atoms with Gasteiger partial charge in [-0.25, -0.2) is 0 Å². The van der Waals surface area contributed by atoms with Crippen LogP contribution in [0.3, 0.4) is 0 Å². The zero-order chi connectivity index (χ0) is 15.3. The van der Waals surface area contributed by atoms with Gasteiger partial charge in [0.05, 0.1) is 26.9 Å². The lowest BCUT2D eigenvalue weighted by Gasteiger charge is -2.17. The topological polar surface area (TPSA) is 49.0 Å². The average molecular weight is 295 g/mol. The minimum Gasteiger partial charge on any atom is -0.493 e. The Morgan fingerprint density at radius 3 is 2.62 bits per heavy atom. The van der Waals surface area contributed by atoms with Crippen LogP contribution in [0, 0.1) is 0 Å². The number of rotatable bonds is 7. The molecule has 0 radical (unpaired) electrons. The van der Waals surface area contributed by atoms with E-state index in [-0.39, 0.29) is 6.10 Å². The Kier molecular flexibility index (Phi) is 5.45. The highest BCUT2D eigenvalue weighted by Crippen LogP contribution is 2.27. The highest BCUT2D eigenvalue weighted by Gasteiger charge is 2.32. The van der Waals surface area contributed by atoms with Gasteiger partial charge in [0.2, 0.25) is 0 Å². The Labute approximate surface area is 126 Å². The van der Waals surface area contributed by atoms with E-state index in [0.29, 0.717) is 6.61 Å². The standard InChI is InChI=1S/C16H25NO4/c1-16(2)20-11-13(21-16)10-17-8-7-12-5-6-14(18-3)15(9-12)19-4/h5-6,9,13,17H,7-8,10-11H2,1-4H3/t13-/m0/s1. The largest absolute Gasteiger partial charge is 0.493 e. The summed E-state index contributed by atoms with van der Waals surface area (Å²) >= 11 is 0. The molecule has 0 amide bonds. The molecule has 5 nitrogen and oxygen atoms in total. The molecule has 0 bridgehead atoms. The molecule has 1 aromatic carbocycles. The zero-order valence-electron chi connectivity index (χ0n) is 13.3. The van der Waals surface area contributed by atoms with Crippen LogP contribution in [-0.2, 0) is 15.9 Å². The van der Waals surface area contributed by atoms with Crippen LogP contribution in [0.15, 0.2) is 18.2 Å². The Hall–Kier alpha value is -1.30. The van der Waals surface area contributed by atoms with Crippen molar-refractivity contribution in [2.24, 2.45) is 0 Å². The third-order valence-electron chi connectivity index (χ3n) is 3.48. The summed E-state index contributed by atoms with van der Waals surface area (Å²) in [5, 5.41) is 3.40. The van der Waals surface area contributed by atoms with Gasteiger partial charge in [0.25, 0.3) is 0 Å². The number of nitrogens with one attached hydrogen (secondary N) is 1. The SMILES string of the molecule is COc1ccc(CCNC[C@H]2COC(C)(C)O2)cc1OC. The molecule has 1 aliphatic heterocycles. The number of hydrogen-bond acceptors (Lipinski definition) is 5. The van der Waals surface area contributed by atoms with Gasteiger partial charge in [0, 0.05) is 6.54 Å². The molecule has 0 spiro atoms. The maximum absolute atomic E-state index is 5.75. The van der Waals surface area contributed by atoms with Gasteiger partial charge in [0.1, 0.15) is 0 Å². The minimum atomic E-state index is -0.449. The molecule has 0 aliphatic carbocycles. The van der Waals surface area contributed by atoms with Gasteiger partial charge in [0.15, 0.2) is 17.3 Å². The Morgan fingerprint density at radius 2 is 2.00 bits per heavy atom. The van der Waals surface area contributed by atoms with Crippen molar-refractivity contribution in [2.45, 2.75) is 32.2 Å². The predicted molar refractivity (Wildman–Crippen MR) is 81.0 cm³/mol. The normalized spacial score (nSPS) is 20.5. The second-order valence-corrected chi connectivity index (χ2v) is 5.59. The number of benzene rings is 1. The first kappa shape index (κ1) is 16.1. The smallest absolute Gasteiger partial charge is 0.163 e. The van der Waals surface area contributed by atoms with Crippen molar-refractivity contribution < 1.29 is 18.9 Å². The van der Waals surface area contributed by atoms with Gasteiger partial charge >= 0.3 is 0 Å². The lowest BCUT2D eigenvalue weighted by atomic mass is 10.1. The molecular weight excluding hydrogens is 270 g/mol. The quantitative estimate of drug-likeness (QED) is 0.780. The van der Waals surface area contributed by atoms with Crippen LogP contribution in [0.5, 0.6) is 11.5 Å². The first-order valence-electron chi connectivity index (χ1n) is 7.27. The first-order valence-corrected chi connectivity index (χ1v) is 7.27. The van der Waals surface area contributed by atoms with Crippen LogP contribution in [0.2, 0.25) is 0 Å². The van der Waals surface area contributed by atoms with Crippen molar-refractivity contribution in [3.8, 4) is 11.5 Å². The molecule has 1 N–H and O–H groups in total. The Bertz CT molecular complexity index is 462. The van der Waals surface area contributed by atoms with Gasteiger partial charge in [-0.3, -0.25) is 0 Å². The van der Waals surface area contributed by atoms with Crippen LogP contribution in [-0.4, -0.2) is 45.8 Å². The average Bonchev–Trinajstić information content (AvgIpc) is 2.82. The van der Waals surface area contributed by atoms with Gasteiger partial charge in [-0.1, -0.05) is 6.07 Å². The Balaban J connectivity index is 1.74. The summed E-state index contributed by atoms with van der Waals surface area (Å²) in [7, 11) is 3.29. The van der Waals surface area contributed by atoms with E-state index in [0.717, 1.165) is 31.0 Å². The molecule has 1 aromatic rings. The van der Waals surface area contributed by atoms with E-state index in [2.05, 4.69) is 11.4 Å². The molecule has 21 heavy (non-hydrogen) atoms. The predicted octanol–water partition coefficient (Wildman–Crippen LogP) is 1.99. The maximum Gasteiger partial charge on any atom is 0.163 e. The molecule has 1 fully saturated rings. The summed E-state index contributed by atoms with van der Waals surface area (Å²) in [6, 6.07) is 6.00. The first-order chi connectivity index (χ1) is 10.0. The number of hydrogen-bond donors (Lipinski definition) is 1. The van der Waals surface area contributed by atoms with E-state index in [1.165, 1.54) is 5.56 Å². The van der Waals surface area contributed by atoms with Gasteiger partial charge < -0.3 is 24.3 Å². The fraction of sp³-hybridized carbons (Fsp3) is 0.625. The number of methoxy groups -OCH3 is 2. The highest BCUT2D eigenvalue weighted by molar-refractivity contribution is 5.42. The van der Waals surface area contributed by atoms with E-state index in [9.17, 15) is 0 Å². The molecule has 1 saturated heterocycles. The van der Waals surface area contributed by atoms with E-state index < -0.39 is 5.79 Å². The van der Waals surface area contributed by atoms with E-state index in [4.69, 9.17) is 18.9 Å². The molecule has 0 saturated carbocycles. The zero-order valence-corrected chi connectivity index (χ0v) is 13.3. The summed E-state index contributed by atoms with van der Waals surface area (Å²) in [6.07, 6.45) is 1.06. The van der Waals surface area contributed by atoms with Gasteiger partial charge in [-0.15, -0.1) is 0 Å². The van der Waals surface area contributed by atoms with Crippen LogP contribution in [0.4, 0.5) is 0 Å². The summed E-state index contributed by atoms with van der Waals surface area (Å²) in [5.41, 5.74) is 1.21. The molecule has 1 aliphatic rings. The van der Waals surface area contributed by atoms with E-state index >= 15 is 0 Å². The second kappa shape index (κ2) is 7.11. The van der Waals surface area contributed by atoms with Crippen LogP contribution < -0.4 is 14.8 Å². The molecule has 0 aromatic heterocycles. The fourth-order valence-electron chi connectivity index (χ4n) is 2.40. The van der Waals surface area contributed by atoms with Crippen LogP contribution in [0.1, 0.15) is 19.4 Å². The minimum absolute atomic E-state index is 0.130. The molecule has 1 heterocycles. The highest BCUT2D eigenvalue weighted by atomic mass is 16.7. The van der Waals surface area contributed by atoms with Crippen LogP contribution >= 0.6 is 0 Å². The lowest BCUT2D eigenvalue weighted by Crippen LogP contribution is -2.31. The van der Waals surface area contributed by atoms with E-state index in [1.807, 2.05) is 26.0 Å². The summed E-state index contributed by atoms with van der Waals surface area (Å²) in [6.45, 7) is 6.22. The van der Waals surface area contributed by atoms with Crippen molar-refractivity contribution in [1.29, 1.82) is 0 Å². The van der Waals surface area contributed by atoms with Gasteiger partial charge in [-0.05, 0) is 44.5 Å². The molecular formula is C16H25NO4. The van der Waals surface area contributed by atoms with Crippen molar-refractivity contribution >= 4 is 0 Å². The fourth-order valence-corrected chi connectivity index (χ4v) is 2.40. The van der Waals surface area contributed by atoms with Crippen molar-refractivity contribution in [2.75, 3.05) is 33.9 Å². The van der Waals surface area contributed by atoms with Crippen molar-refractivity contribution in [3.63, 3.8) is 0 Å². The molecule has 118 valence electrons. The molecule has 0 unspecified atom stereocenters. The van der Waals surface area contributed by atoms with E-state index in [1.54, 1.807) is 14.2 Å².